The van der Waals surface area contributed by atoms with Crippen molar-refractivity contribution in [2.45, 2.75) is 65.7 Å². The number of hydrogen-bond donors (Lipinski definition) is 0. The van der Waals surface area contributed by atoms with E-state index < -0.39 is 0 Å². The fourth-order valence-electron chi connectivity index (χ4n) is 4.82. The van der Waals surface area contributed by atoms with Gasteiger partial charge in [-0.15, -0.1) is 16.4 Å². The maximum atomic E-state index is 13.1. The first-order valence-corrected chi connectivity index (χ1v) is 11.5. The summed E-state index contributed by atoms with van der Waals surface area (Å²) in [5.41, 5.74) is 1.61. The standard InChI is InChI=1S/C21H27N5O3S/c1-11-5-6-15-16(7-11)30-20-18(15)19-23-25(21(28)26(19)14(4)22-20)10-17(27)24-8-12(2)29-13(3)9-24/h11-13H,5-10H2,1-4H3/t11-,12-,13-/m1/s1. The molecule has 0 spiro atoms. The van der Waals surface area contributed by atoms with Gasteiger partial charge in [0.05, 0.1) is 17.6 Å². The van der Waals surface area contributed by atoms with Gasteiger partial charge >= 0.3 is 5.69 Å². The third kappa shape index (κ3) is 3.15. The molecule has 8 nitrogen and oxygen atoms in total. The van der Waals surface area contributed by atoms with E-state index in [2.05, 4.69) is 12.0 Å². The Labute approximate surface area is 178 Å². The van der Waals surface area contributed by atoms with Crippen LogP contribution in [0.5, 0.6) is 0 Å². The molecule has 5 rings (SSSR count). The minimum atomic E-state index is -0.302. The first-order valence-electron chi connectivity index (χ1n) is 10.7. The number of hydrogen-bond acceptors (Lipinski definition) is 6. The van der Waals surface area contributed by atoms with Gasteiger partial charge < -0.3 is 9.64 Å². The Morgan fingerprint density at radius 3 is 2.70 bits per heavy atom. The Hall–Kier alpha value is -2.26. The van der Waals surface area contributed by atoms with E-state index in [1.54, 1.807) is 20.6 Å². The smallest absolute Gasteiger partial charge is 0.352 e. The second-order valence-corrected chi connectivity index (χ2v) is 9.93. The van der Waals surface area contributed by atoms with E-state index in [-0.39, 0.29) is 30.3 Å². The maximum Gasteiger partial charge on any atom is 0.352 e. The molecule has 3 aromatic rings. The molecule has 1 saturated heterocycles. The zero-order chi connectivity index (χ0) is 21.2. The van der Waals surface area contributed by atoms with Crippen LogP contribution in [-0.4, -0.2) is 55.3 Å². The summed E-state index contributed by atoms with van der Waals surface area (Å²) in [5.74, 6) is 1.17. The fraction of sp³-hybridized carbons (Fsp3) is 0.619. The molecule has 4 heterocycles. The molecule has 30 heavy (non-hydrogen) atoms. The van der Waals surface area contributed by atoms with Gasteiger partial charge in [0.2, 0.25) is 5.91 Å². The average molecular weight is 430 g/mol. The van der Waals surface area contributed by atoms with E-state index in [0.717, 1.165) is 29.5 Å². The highest BCUT2D eigenvalue weighted by molar-refractivity contribution is 7.19. The maximum absolute atomic E-state index is 13.1. The molecule has 0 unspecified atom stereocenters. The highest BCUT2D eigenvalue weighted by Crippen LogP contribution is 2.38. The van der Waals surface area contributed by atoms with Gasteiger partial charge in [0, 0.05) is 18.0 Å². The summed E-state index contributed by atoms with van der Waals surface area (Å²) in [6.07, 6.45) is 3.15. The zero-order valence-electron chi connectivity index (χ0n) is 17.8. The number of thiophene rings is 1. The molecule has 0 N–H and O–H groups in total. The number of aryl methyl sites for hydroxylation is 2. The van der Waals surface area contributed by atoms with Crippen molar-refractivity contribution in [1.29, 1.82) is 0 Å². The third-order valence-corrected chi connectivity index (χ3v) is 7.35. The summed E-state index contributed by atoms with van der Waals surface area (Å²) >= 11 is 1.72. The number of ether oxygens (including phenoxy) is 1. The number of rotatable bonds is 2. The lowest BCUT2D eigenvalue weighted by molar-refractivity contribution is -0.144. The number of fused-ring (bicyclic) bond motifs is 5. The first-order chi connectivity index (χ1) is 14.3. The second kappa shape index (κ2) is 7.16. The number of amides is 1. The average Bonchev–Trinajstić information content (AvgIpc) is 3.18. The molecule has 1 fully saturated rings. The van der Waals surface area contributed by atoms with Crippen LogP contribution < -0.4 is 5.69 Å². The van der Waals surface area contributed by atoms with Crippen LogP contribution in [0.15, 0.2) is 4.79 Å². The minimum Gasteiger partial charge on any atom is -0.372 e. The van der Waals surface area contributed by atoms with Gasteiger partial charge in [-0.1, -0.05) is 6.92 Å². The summed E-state index contributed by atoms with van der Waals surface area (Å²) in [5, 5.41) is 5.62. The molecule has 1 amide bonds. The van der Waals surface area contributed by atoms with Crippen molar-refractivity contribution in [3.05, 3.63) is 26.7 Å². The Kier molecular flexibility index (Phi) is 4.70. The van der Waals surface area contributed by atoms with E-state index in [0.29, 0.717) is 30.5 Å². The molecule has 1 aliphatic carbocycles. The third-order valence-electron chi connectivity index (χ3n) is 6.20. The molecule has 3 aromatic heterocycles. The summed E-state index contributed by atoms with van der Waals surface area (Å²) in [6, 6.07) is 0. The van der Waals surface area contributed by atoms with Crippen LogP contribution in [0, 0.1) is 12.8 Å². The summed E-state index contributed by atoms with van der Waals surface area (Å²) in [4.78, 5) is 34.8. The van der Waals surface area contributed by atoms with Crippen LogP contribution in [-0.2, 0) is 28.9 Å². The molecule has 0 saturated carbocycles. The van der Waals surface area contributed by atoms with Gasteiger partial charge in [0.15, 0.2) is 5.65 Å². The Morgan fingerprint density at radius 1 is 1.23 bits per heavy atom. The largest absolute Gasteiger partial charge is 0.372 e. The van der Waals surface area contributed by atoms with E-state index in [4.69, 9.17) is 9.72 Å². The quantitative estimate of drug-likeness (QED) is 0.624. The lowest BCUT2D eigenvalue weighted by atomic mass is 9.89. The topological polar surface area (TPSA) is 81.7 Å². The van der Waals surface area contributed by atoms with Crippen molar-refractivity contribution in [3.8, 4) is 0 Å². The molecule has 9 heteroatoms. The minimum absolute atomic E-state index is 0.0127. The van der Waals surface area contributed by atoms with Gasteiger partial charge in [0.1, 0.15) is 17.2 Å². The van der Waals surface area contributed by atoms with Crippen molar-refractivity contribution < 1.29 is 9.53 Å². The molecule has 160 valence electrons. The molecule has 2 aliphatic rings. The predicted octanol–water partition coefficient (Wildman–Crippen LogP) is 2.17. The molecular formula is C21H27N5O3S. The SMILES string of the molecule is Cc1nc2sc3c(c2c2nn(CC(=O)N4C[C@@H](C)O[C@H](C)C4)c(=O)n12)CC[C@@H](C)C3. The van der Waals surface area contributed by atoms with Crippen LogP contribution in [0.3, 0.4) is 0 Å². The number of nitrogens with zero attached hydrogens (tertiary/aromatic N) is 5. The van der Waals surface area contributed by atoms with Crippen LogP contribution in [0.25, 0.3) is 15.9 Å². The molecular weight excluding hydrogens is 402 g/mol. The predicted molar refractivity (Wildman–Crippen MR) is 115 cm³/mol. The van der Waals surface area contributed by atoms with Crippen molar-refractivity contribution in [2.24, 2.45) is 5.92 Å². The van der Waals surface area contributed by atoms with Crippen molar-refractivity contribution in [1.82, 2.24) is 24.1 Å². The molecule has 3 atom stereocenters. The van der Waals surface area contributed by atoms with Crippen molar-refractivity contribution in [3.63, 3.8) is 0 Å². The summed E-state index contributed by atoms with van der Waals surface area (Å²) < 4.78 is 8.57. The Morgan fingerprint density at radius 2 is 1.97 bits per heavy atom. The van der Waals surface area contributed by atoms with Crippen molar-refractivity contribution in [2.75, 3.05) is 13.1 Å². The van der Waals surface area contributed by atoms with Crippen molar-refractivity contribution >= 4 is 33.1 Å². The molecule has 0 bridgehead atoms. The highest BCUT2D eigenvalue weighted by Gasteiger charge is 2.28. The number of morpholine rings is 1. The van der Waals surface area contributed by atoms with Crippen LogP contribution >= 0.6 is 11.3 Å². The lowest BCUT2D eigenvalue weighted by Crippen LogP contribution is -2.49. The number of carbonyl (C=O) groups excluding carboxylic acids is 1. The fourth-order valence-corrected chi connectivity index (χ4v) is 6.24. The Balaban J connectivity index is 1.56. The molecule has 1 aliphatic heterocycles. The summed E-state index contributed by atoms with van der Waals surface area (Å²) in [7, 11) is 0. The lowest BCUT2D eigenvalue weighted by Gasteiger charge is -2.35. The first kappa shape index (κ1) is 19.7. The number of aromatic nitrogens is 4. The second-order valence-electron chi connectivity index (χ2n) is 8.85. The highest BCUT2D eigenvalue weighted by atomic mass is 32.1. The normalized spacial score (nSPS) is 24.5. The number of carbonyl (C=O) groups is 1. The zero-order valence-corrected chi connectivity index (χ0v) is 18.7. The van der Waals surface area contributed by atoms with Gasteiger partial charge in [-0.05, 0) is 51.5 Å². The van der Waals surface area contributed by atoms with Gasteiger partial charge in [-0.25, -0.2) is 18.9 Å². The van der Waals surface area contributed by atoms with Crippen LogP contribution in [0.1, 0.15) is 43.5 Å². The summed E-state index contributed by atoms with van der Waals surface area (Å²) in [6.45, 7) is 9.02. The van der Waals surface area contributed by atoms with Gasteiger partial charge in [0.25, 0.3) is 0 Å². The van der Waals surface area contributed by atoms with Crippen LogP contribution in [0.4, 0.5) is 0 Å². The van der Waals surface area contributed by atoms with Gasteiger partial charge in [-0.2, -0.15) is 0 Å². The van der Waals surface area contributed by atoms with E-state index >= 15 is 0 Å². The van der Waals surface area contributed by atoms with Crippen LogP contribution in [0.2, 0.25) is 0 Å². The monoisotopic (exact) mass is 429 g/mol. The van der Waals surface area contributed by atoms with E-state index in [9.17, 15) is 9.59 Å². The van der Waals surface area contributed by atoms with E-state index in [1.807, 2.05) is 20.8 Å². The molecule has 0 radical (unpaired) electrons. The van der Waals surface area contributed by atoms with Gasteiger partial charge in [-0.3, -0.25) is 4.79 Å². The molecule has 0 aromatic carbocycles. The van der Waals surface area contributed by atoms with E-state index in [1.165, 1.54) is 15.1 Å². The Bertz CT molecular complexity index is 1200.